The van der Waals surface area contributed by atoms with Crippen LogP contribution in [0, 0.1) is 0 Å². The van der Waals surface area contributed by atoms with Gasteiger partial charge in [0.25, 0.3) is 0 Å². The van der Waals surface area contributed by atoms with Gasteiger partial charge < -0.3 is 5.11 Å². The van der Waals surface area contributed by atoms with Crippen molar-refractivity contribution in [3.63, 3.8) is 0 Å². The molecule has 1 atom stereocenters. The van der Waals surface area contributed by atoms with Crippen molar-refractivity contribution in [2.45, 2.75) is 39.3 Å². The molecule has 19 heavy (non-hydrogen) atoms. The van der Waals surface area contributed by atoms with Crippen molar-refractivity contribution >= 4 is 38.9 Å². The minimum Gasteiger partial charge on any atom is -0.387 e. The summed E-state index contributed by atoms with van der Waals surface area (Å²) < 4.78 is 2.96. The van der Waals surface area contributed by atoms with Gasteiger partial charge in [-0.3, -0.25) is 4.68 Å². The van der Waals surface area contributed by atoms with Crippen molar-refractivity contribution in [1.29, 1.82) is 0 Å². The molecule has 1 unspecified atom stereocenters. The highest BCUT2D eigenvalue weighted by molar-refractivity contribution is 9.10. The molecule has 3 nitrogen and oxygen atoms in total. The van der Waals surface area contributed by atoms with E-state index in [0.717, 1.165) is 33.7 Å². The zero-order valence-electron chi connectivity index (χ0n) is 10.9. The maximum atomic E-state index is 10.3. The normalized spacial score (nSPS) is 12.9. The number of hydrogen-bond acceptors (Lipinski definition) is 3. The van der Waals surface area contributed by atoms with Crippen molar-refractivity contribution in [2.24, 2.45) is 0 Å². The van der Waals surface area contributed by atoms with Gasteiger partial charge in [-0.2, -0.15) is 5.10 Å². The molecule has 0 radical (unpaired) electrons. The second kappa shape index (κ2) is 6.39. The van der Waals surface area contributed by atoms with Gasteiger partial charge in [-0.25, -0.2) is 0 Å². The van der Waals surface area contributed by atoms with Crippen LogP contribution in [0.15, 0.2) is 15.9 Å². The van der Waals surface area contributed by atoms with Crippen LogP contribution in [0.5, 0.6) is 0 Å². The standard InChI is InChI=1S/C13H16BrClN2OS/c1-3-9-13(14)10(17(4-2)16-9)6-11(18)12-5-8(15)7-19-12/h5,7,11,18H,3-4,6H2,1-2H3. The topological polar surface area (TPSA) is 38.0 Å². The molecule has 2 aromatic heterocycles. The minimum absolute atomic E-state index is 0.540. The lowest BCUT2D eigenvalue weighted by molar-refractivity contribution is 0.179. The third-order valence-electron chi connectivity index (χ3n) is 3.00. The quantitative estimate of drug-likeness (QED) is 0.863. The predicted molar refractivity (Wildman–Crippen MR) is 83.0 cm³/mol. The Morgan fingerprint density at radius 1 is 1.53 bits per heavy atom. The second-order valence-electron chi connectivity index (χ2n) is 4.26. The summed E-state index contributed by atoms with van der Waals surface area (Å²) in [5.74, 6) is 0. The summed E-state index contributed by atoms with van der Waals surface area (Å²) >= 11 is 11.0. The summed E-state index contributed by atoms with van der Waals surface area (Å²) in [6.07, 6.45) is 0.875. The van der Waals surface area contributed by atoms with E-state index >= 15 is 0 Å². The number of aliphatic hydroxyl groups is 1. The first-order valence-corrected chi connectivity index (χ1v) is 8.27. The zero-order valence-corrected chi connectivity index (χ0v) is 14.0. The molecular weight excluding hydrogens is 348 g/mol. The van der Waals surface area contributed by atoms with Gasteiger partial charge in [-0.1, -0.05) is 18.5 Å². The highest BCUT2D eigenvalue weighted by Crippen LogP contribution is 2.31. The van der Waals surface area contributed by atoms with Crippen LogP contribution in [0.25, 0.3) is 0 Å². The molecule has 6 heteroatoms. The minimum atomic E-state index is -0.541. The number of aromatic nitrogens is 2. The van der Waals surface area contributed by atoms with Gasteiger partial charge >= 0.3 is 0 Å². The van der Waals surface area contributed by atoms with Gasteiger partial charge in [0.2, 0.25) is 0 Å². The maximum absolute atomic E-state index is 10.3. The highest BCUT2D eigenvalue weighted by atomic mass is 79.9. The van der Waals surface area contributed by atoms with Gasteiger partial charge in [-0.05, 0) is 35.3 Å². The SMILES string of the molecule is CCc1nn(CC)c(CC(O)c2cc(Cl)cs2)c1Br. The summed E-state index contributed by atoms with van der Waals surface area (Å²) in [5, 5.41) is 17.4. The third kappa shape index (κ3) is 3.21. The van der Waals surface area contributed by atoms with Crippen LogP contribution >= 0.6 is 38.9 Å². The van der Waals surface area contributed by atoms with Crippen molar-refractivity contribution in [3.8, 4) is 0 Å². The predicted octanol–water partition coefficient (Wildman–Crippen LogP) is 4.22. The Kier molecular flexibility index (Phi) is 5.06. The van der Waals surface area contributed by atoms with Crippen LogP contribution in [-0.4, -0.2) is 14.9 Å². The van der Waals surface area contributed by atoms with E-state index in [1.165, 1.54) is 11.3 Å². The van der Waals surface area contributed by atoms with E-state index in [1.54, 1.807) is 0 Å². The summed E-state index contributed by atoms with van der Waals surface area (Å²) in [6, 6.07) is 1.82. The molecular formula is C13H16BrClN2OS. The Morgan fingerprint density at radius 3 is 2.79 bits per heavy atom. The Balaban J connectivity index is 2.25. The molecule has 0 saturated heterocycles. The Morgan fingerprint density at radius 2 is 2.26 bits per heavy atom. The fourth-order valence-corrected chi connectivity index (χ4v) is 3.79. The zero-order chi connectivity index (χ0) is 14.0. The van der Waals surface area contributed by atoms with Crippen molar-refractivity contribution in [3.05, 3.63) is 37.2 Å². The number of aryl methyl sites for hydroxylation is 2. The molecule has 0 aliphatic rings. The molecule has 2 heterocycles. The van der Waals surface area contributed by atoms with E-state index in [0.29, 0.717) is 11.4 Å². The number of rotatable bonds is 5. The number of thiophene rings is 1. The summed E-state index contributed by atoms with van der Waals surface area (Å²) in [5.41, 5.74) is 2.07. The fourth-order valence-electron chi connectivity index (χ4n) is 2.00. The summed E-state index contributed by atoms with van der Waals surface area (Å²) in [6.45, 7) is 4.93. The molecule has 0 aliphatic carbocycles. The van der Waals surface area contributed by atoms with Crippen LogP contribution < -0.4 is 0 Å². The van der Waals surface area contributed by atoms with Crippen LogP contribution in [0.1, 0.15) is 36.2 Å². The van der Waals surface area contributed by atoms with Gasteiger partial charge in [0, 0.05) is 23.2 Å². The second-order valence-corrected chi connectivity index (χ2v) is 6.44. The number of aliphatic hydroxyl groups excluding tert-OH is 1. The molecule has 104 valence electrons. The molecule has 0 bridgehead atoms. The maximum Gasteiger partial charge on any atom is 0.0938 e. The van der Waals surface area contributed by atoms with Gasteiger partial charge in [0.15, 0.2) is 0 Å². The van der Waals surface area contributed by atoms with E-state index in [1.807, 2.05) is 16.1 Å². The van der Waals surface area contributed by atoms with Crippen molar-refractivity contribution < 1.29 is 5.11 Å². The first-order valence-electron chi connectivity index (χ1n) is 6.22. The average Bonchev–Trinajstić information content (AvgIpc) is 2.95. The smallest absolute Gasteiger partial charge is 0.0938 e. The summed E-state index contributed by atoms with van der Waals surface area (Å²) in [4.78, 5) is 0.888. The number of hydrogen-bond donors (Lipinski definition) is 1. The Labute approximate surface area is 130 Å². The molecule has 0 amide bonds. The fraction of sp³-hybridized carbons (Fsp3) is 0.462. The van der Waals surface area contributed by atoms with Crippen LogP contribution in [0.2, 0.25) is 5.02 Å². The van der Waals surface area contributed by atoms with Crippen molar-refractivity contribution in [2.75, 3.05) is 0 Å². The molecule has 1 N–H and O–H groups in total. The van der Waals surface area contributed by atoms with Gasteiger partial charge in [-0.15, -0.1) is 11.3 Å². The Hall–Kier alpha value is -0.360. The average molecular weight is 364 g/mol. The van der Waals surface area contributed by atoms with Crippen LogP contribution in [-0.2, 0) is 19.4 Å². The van der Waals surface area contributed by atoms with E-state index in [-0.39, 0.29) is 0 Å². The largest absolute Gasteiger partial charge is 0.387 e. The van der Waals surface area contributed by atoms with Crippen LogP contribution in [0.3, 0.4) is 0 Å². The molecule has 2 rings (SSSR count). The van der Waals surface area contributed by atoms with E-state index in [9.17, 15) is 5.11 Å². The van der Waals surface area contributed by atoms with E-state index in [4.69, 9.17) is 11.6 Å². The molecule has 0 spiro atoms. The van der Waals surface area contributed by atoms with Crippen molar-refractivity contribution in [1.82, 2.24) is 9.78 Å². The van der Waals surface area contributed by atoms with Gasteiger partial charge in [0.1, 0.15) is 0 Å². The highest BCUT2D eigenvalue weighted by Gasteiger charge is 2.19. The number of nitrogens with zero attached hydrogens (tertiary/aromatic N) is 2. The first-order chi connectivity index (χ1) is 9.06. The molecule has 0 fully saturated rings. The lowest BCUT2D eigenvalue weighted by Crippen LogP contribution is -2.08. The first kappa shape index (κ1) is 15.0. The monoisotopic (exact) mass is 362 g/mol. The van der Waals surface area contributed by atoms with E-state index < -0.39 is 6.10 Å². The van der Waals surface area contributed by atoms with Gasteiger partial charge in [0.05, 0.1) is 27.0 Å². The third-order valence-corrected chi connectivity index (χ3v) is 5.29. The van der Waals surface area contributed by atoms with E-state index in [2.05, 4.69) is 34.9 Å². The lowest BCUT2D eigenvalue weighted by Gasteiger charge is -2.10. The Bertz CT molecular complexity index is 567. The van der Waals surface area contributed by atoms with Crippen LogP contribution in [0.4, 0.5) is 0 Å². The molecule has 0 aliphatic heterocycles. The number of halogens is 2. The lowest BCUT2D eigenvalue weighted by atomic mass is 10.1. The summed E-state index contributed by atoms with van der Waals surface area (Å²) in [7, 11) is 0. The molecule has 0 saturated carbocycles. The molecule has 2 aromatic rings. The molecule has 0 aromatic carbocycles.